The Bertz CT molecular complexity index is 642. The number of ether oxygens (including phenoxy) is 1. The molecular weight excluding hydrogens is 321 g/mol. The lowest BCUT2D eigenvalue weighted by Crippen LogP contribution is -2.40. The molecule has 1 aromatic rings. The predicted octanol–water partition coefficient (Wildman–Crippen LogP) is 2.05. The van der Waals surface area contributed by atoms with Crippen LogP contribution in [0.25, 0.3) is 0 Å². The van der Waals surface area contributed by atoms with Crippen molar-refractivity contribution in [2.75, 3.05) is 20.2 Å². The highest BCUT2D eigenvalue weighted by Gasteiger charge is 2.32. The maximum atomic E-state index is 13.1. The third-order valence-electron chi connectivity index (χ3n) is 3.52. The molecule has 5 nitrogen and oxygen atoms in total. The molecule has 0 radical (unpaired) electrons. The second-order valence-corrected chi connectivity index (χ2v) is 7.12. The van der Waals surface area contributed by atoms with Gasteiger partial charge in [-0.25, -0.2) is 12.8 Å². The van der Waals surface area contributed by atoms with E-state index in [0.29, 0.717) is 12.8 Å². The highest BCUT2D eigenvalue weighted by Crippen LogP contribution is 2.26. The van der Waals surface area contributed by atoms with Gasteiger partial charge in [-0.3, -0.25) is 4.79 Å². The molecule has 1 aliphatic heterocycles. The van der Waals surface area contributed by atoms with Crippen LogP contribution in [0.5, 0.6) is 0 Å². The normalized spacial score (nSPS) is 17.7. The zero-order valence-electron chi connectivity index (χ0n) is 11.4. The molecule has 1 heterocycles. The number of esters is 1. The molecule has 2 rings (SSSR count). The summed E-state index contributed by atoms with van der Waals surface area (Å²) in [6.07, 6.45) is 0.807. The number of carbonyl (C=O) groups is 1. The summed E-state index contributed by atoms with van der Waals surface area (Å²) in [4.78, 5) is 11.4. The van der Waals surface area contributed by atoms with E-state index in [1.54, 1.807) is 0 Å². The molecule has 0 N–H and O–H groups in total. The fraction of sp³-hybridized carbons (Fsp3) is 0.462. The van der Waals surface area contributed by atoms with Crippen LogP contribution >= 0.6 is 11.6 Å². The molecule has 0 saturated carbocycles. The minimum absolute atomic E-state index is 0.0505. The maximum absolute atomic E-state index is 13.1. The second kappa shape index (κ2) is 6.29. The Morgan fingerprint density at radius 3 is 2.52 bits per heavy atom. The lowest BCUT2D eigenvalue weighted by molar-refractivity contribution is -0.146. The van der Waals surface area contributed by atoms with Crippen molar-refractivity contribution in [3.8, 4) is 0 Å². The largest absolute Gasteiger partial charge is 0.469 e. The fourth-order valence-electron chi connectivity index (χ4n) is 2.28. The zero-order valence-corrected chi connectivity index (χ0v) is 13.0. The summed E-state index contributed by atoms with van der Waals surface area (Å²) in [5, 5.41) is -0.236. The molecule has 21 heavy (non-hydrogen) atoms. The number of carbonyl (C=O) groups excluding carboxylic acids is 1. The van der Waals surface area contributed by atoms with Crippen molar-refractivity contribution in [2.24, 2.45) is 5.92 Å². The maximum Gasteiger partial charge on any atom is 0.308 e. The Morgan fingerprint density at radius 2 is 2.00 bits per heavy atom. The SMILES string of the molecule is COC(=O)C1CCN(S(=O)(=O)c2ccc(F)c(Cl)c2)CC1. The molecule has 1 saturated heterocycles. The van der Waals surface area contributed by atoms with E-state index in [1.807, 2.05) is 0 Å². The Balaban J connectivity index is 2.14. The standard InChI is InChI=1S/C13H15ClFNO4S/c1-20-13(17)9-4-6-16(7-5-9)21(18,19)10-2-3-12(15)11(14)8-10/h2-3,8-9H,4-7H2,1H3. The van der Waals surface area contributed by atoms with Crippen LogP contribution in [-0.4, -0.2) is 38.9 Å². The molecule has 0 spiro atoms. The Kier molecular flexibility index (Phi) is 4.85. The summed E-state index contributed by atoms with van der Waals surface area (Å²) in [5.74, 6) is -1.27. The van der Waals surface area contributed by atoms with Crippen molar-refractivity contribution in [2.45, 2.75) is 17.7 Å². The van der Waals surface area contributed by atoms with E-state index in [2.05, 4.69) is 4.74 Å². The first-order valence-electron chi connectivity index (χ1n) is 6.39. The van der Waals surface area contributed by atoms with Gasteiger partial charge in [-0.15, -0.1) is 0 Å². The first-order valence-corrected chi connectivity index (χ1v) is 8.21. The molecule has 1 aliphatic rings. The van der Waals surface area contributed by atoms with E-state index in [0.717, 1.165) is 12.1 Å². The number of benzene rings is 1. The van der Waals surface area contributed by atoms with Crippen molar-refractivity contribution < 1.29 is 22.3 Å². The van der Waals surface area contributed by atoms with Crippen molar-refractivity contribution in [1.82, 2.24) is 4.31 Å². The van der Waals surface area contributed by atoms with Gasteiger partial charge in [-0.2, -0.15) is 4.31 Å². The van der Waals surface area contributed by atoms with Gasteiger partial charge < -0.3 is 4.74 Å². The second-order valence-electron chi connectivity index (χ2n) is 4.78. The van der Waals surface area contributed by atoms with Crippen LogP contribution in [0.1, 0.15) is 12.8 Å². The average Bonchev–Trinajstić information content (AvgIpc) is 2.49. The monoisotopic (exact) mass is 335 g/mol. The third-order valence-corrected chi connectivity index (χ3v) is 5.70. The van der Waals surface area contributed by atoms with E-state index in [9.17, 15) is 17.6 Å². The smallest absolute Gasteiger partial charge is 0.308 e. The summed E-state index contributed by atoms with van der Waals surface area (Å²) < 4.78 is 43.9. The molecule has 8 heteroatoms. The third kappa shape index (κ3) is 3.36. The molecular formula is C13H15ClFNO4S. The van der Waals surface area contributed by atoms with Gasteiger partial charge in [0.05, 0.1) is 22.9 Å². The van der Waals surface area contributed by atoms with Crippen molar-refractivity contribution in [3.63, 3.8) is 0 Å². The minimum atomic E-state index is -3.73. The summed E-state index contributed by atoms with van der Waals surface area (Å²) in [6.45, 7) is 0.439. The van der Waals surface area contributed by atoms with Gasteiger partial charge in [0, 0.05) is 13.1 Å². The average molecular weight is 336 g/mol. The Morgan fingerprint density at radius 1 is 1.38 bits per heavy atom. The summed E-state index contributed by atoms with van der Waals surface area (Å²) in [7, 11) is -2.42. The lowest BCUT2D eigenvalue weighted by Gasteiger charge is -2.29. The number of hydrogen-bond donors (Lipinski definition) is 0. The Labute approximate surface area is 127 Å². The number of rotatable bonds is 3. The van der Waals surface area contributed by atoms with E-state index in [1.165, 1.54) is 17.5 Å². The van der Waals surface area contributed by atoms with Crippen molar-refractivity contribution >= 4 is 27.6 Å². The summed E-state index contributed by atoms with van der Waals surface area (Å²) in [5.41, 5.74) is 0. The zero-order chi connectivity index (χ0) is 15.6. The quantitative estimate of drug-likeness (QED) is 0.793. The molecule has 1 aromatic carbocycles. The van der Waals surface area contributed by atoms with Gasteiger partial charge in [0.15, 0.2) is 0 Å². The van der Waals surface area contributed by atoms with Gasteiger partial charge in [-0.1, -0.05) is 11.6 Å². The number of hydrogen-bond acceptors (Lipinski definition) is 4. The van der Waals surface area contributed by atoms with Crippen molar-refractivity contribution in [1.29, 1.82) is 0 Å². The topological polar surface area (TPSA) is 63.7 Å². The van der Waals surface area contributed by atoms with Crippen LogP contribution in [0.4, 0.5) is 4.39 Å². The van der Waals surface area contributed by atoms with E-state index < -0.39 is 15.8 Å². The van der Waals surface area contributed by atoms with Crippen LogP contribution < -0.4 is 0 Å². The van der Waals surface area contributed by atoms with Crippen LogP contribution in [0, 0.1) is 11.7 Å². The van der Waals surface area contributed by atoms with Gasteiger partial charge in [0.25, 0.3) is 0 Å². The molecule has 0 amide bonds. The van der Waals surface area contributed by atoms with E-state index >= 15 is 0 Å². The molecule has 0 bridgehead atoms. The number of piperidine rings is 1. The Hall–Kier alpha value is -1.18. The van der Waals surface area contributed by atoms with Gasteiger partial charge >= 0.3 is 5.97 Å². The van der Waals surface area contributed by atoms with Gasteiger partial charge in [0.1, 0.15) is 5.82 Å². The number of nitrogens with zero attached hydrogens (tertiary/aromatic N) is 1. The van der Waals surface area contributed by atoms with Crippen molar-refractivity contribution in [3.05, 3.63) is 29.0 Å². The van der Waals surface area contributed by atoms with Crippen LogP contribution in [0.15, 0.2) is 23.1 Å². The van der Waals surface area contributed by atoms with Crippen LogP contribution in [0.2, 0.25) is 5.02 Å². The highest BCUT2D eigenvalue weighted by atomic mass is 35.5. The number of methoxy groups -OCH3 is 1. The molecule has 0 aliphatic carbocycles. The van der Waals surface area contributed by atoms with Crippen LogP contribution in [0.3, 0.4) is 0 Å². The molecule has 0 aromatic heterocycles. The molecule has 0 unspecified atom stereocenters. The first kappa shape index (κ1) is 16.2. The number of sulfonamides is 1. The molecule has 1 fully saturated rings. The van der Waals surface area contributed by atoms with Gasteiger partial charge in [0.2, 0.25) is 10.0 Å². The van der Waals surface area contributed by atoms with Gasteiger partial charge in [-0.05, 0) is 31.0 Å². The molecule has 116 valence electrons. The summed E-state index contributed by atoms with van der Waals surface area (Å²) in [6, 6.07) is 3.30. The number of halogens is 2. The predicted molar refractivity (Wildman–Crippen MR) is 74.9 cm³/mol. The fourth-order valence-corrected chi connectivity index (χ4v) is 4.03. The van der Waals surface area contributed by atoms with E-state index in [-0.39, 0.29) is 34.9 Å². The highest BCUT2D eigenvalue weighted by molar-refractivity contribution is 7.89. The van der Waals surface area contributed by atoms with E-state index in [4.69, 9.17) is 11.6 Å². The lowest BCUT2D eigenvalue weighted by atomic mass is 9.99. The summed E-state index contributed by atoms with van der Waals surface area (Å²) >= 11 is 5.62. The minimum Gasteiger partial charge on any atom is -0.469 e. The van der Waals surface area contributed by atoms with Crippen LogP contribution in [-0.2, 0) is 19.6 Å². The molecule has 0 atom stereocenters. The first-order chi connectivity index (χ1) is 9.86.